The maximum atomic E-state index is 12.0. The van der Waals surface area contributed by atoms with Crippen LogP contribution >= 0.6 is 0 Å². The van der Waals surface area contributed by atoms with Crippen LogP contribution in [0.4, 0.5) is 0 Å². The van der Waals surface area contributed by atoms with Gasteiger partial charge in [0.05, 0.1) is 23.5 Å². The van der Waals surface area contributed by atoms with E-state index in [1.165, 1.54) is 0 Å². The van der Waals surface area contributed by atoms with E-state index in [4.69, 9.17) is 15.5 Å². The Bertz CT molecular complexity index is 975. The summed E-state index contributed by atoms with van der Waals surface area (Å²) in [7, 11) is -1.15. The van der Waals surface area contributed by atoms with Crippen LogP contribution in [-0.4, -0.2) is 35.1 Å². The van der Waals surface area contributed by atoms with Gasteiger partial charge in [0.2, 0.25) is 0 Å². The zero-order valence-corrected chi connectivity index (χ0v) is 17.4. The molecule has 0 aromatic carbocycles. The number of hydrazine groups is 1. The largest absolute Gasteiger partial charge is 0.365 e. The SMILES string of the molecule is C[Si](C)(C)CCOCn1cc(C(N)=O)c2nc(C3NNC4=CC=CC43)cnc21. The van der Waals surface area contributed by atoms with Crippen molar-refractivity contribution in [1.82, 2.24) is 25.4 Å². The Morgan fingerprint density at radius 3 is 2.96 bits per heavy atom. The first-order chi connectivity index (χ1) is 13.3. The standard InChI is InChI=1S/C19H26N6O2Si/c1-28(2,3)8-7-27-11-25-10-13(18(20)26)17-19(25)21-9-15(22-17)16-12-5-4-6-14(12)23-24-16/h4-6,9-10,12,16,23-24H,7-8,11H2,1-3H3,(H2,20,26). The number of nitrogens with zero attached hydrogens (tertiary/aromatic N) is 3. The molecule has 148 valence electrons. The van der Waals surface area contributed by atoms with Crippen molar-refractivity contribution in [3.63, 3.8) is 0 Å². The van der Waals surface area contributed by atoms with E-state index in [-0.39, 0.29) is 12.0 Å². The van der Waals surface area contributed by atoms with Gasteiger partial charge in [-0.3, -0.25) is 4.79 Å². The molecule has 3 heterocycles. The number of amides is 1. The van der Waals surface area contributed by atoms with Gasteiger partial charge in [-0.15, -0.1) is 0 Å². The van der Waals surface area contributed by atoms with Crippen LogP contribution in [0, 0.1) is 5.92 Å². The summed E-state index contributed by atoms with van der Waals surface area (Å²) in [5.74, 6) is -0.327. The van der Waals surface area contributed by atoms with E-state index in [9.17, 15) is 4.79 Å². The lowest BCUT2D eigenvalue weighted by Crippen LogP contribution is -2.25. The third-order valence-electron chi connectivity index (χ3n) is 5.08. The Morgan fingerprint density at radius 1 is 1.39 bits per heavy atom. The fourth-order valence-electron chi connectivity index (χ4n) is 3.45. The van der Waals surface area contributed by atoms with Crippen molar-refractivity contribution in [2.75, 3.05) is 6.61 Å². The average molecular weight is 399 g/mol. The summed E-state index contributed by atoms with van der Waals surface area (Å²) in [6.07, 6.45) is 9.61. The predicted octanol–water partition coefficient (Wildman–Crippen LogP) is 2.06. The highest BCUT2D eigenvalue weighted by atomic mass is 28.3. The van der Waals surface area contributed by atoms with Crippen molar-refractivity contribution in [3.8, 4) is 0 Å². The van der Waals surface area contributed by atoms with E-state index in [1.54, 1.807) is 17.0 Å². The quantitative estimate of drug-likeness (QED) is 0.487. The second-order valence-electron chi connectivity index (χ2n) is 8.47. The van der Waals surface area contributed by atoms with Crippen molar-refractivity contribution < 1.29 is 9.53 Å². The molecular formula is C19H26N6O2Si. The molecule has 2 aliphatic rings. The second kappa shape index (κ2) is 7.15. The molecule has 4 N–H and O–H groups in total. The van der Waals surface area contributed by atoms with Gasteiger partial charge in [-0.2, -0.15) is 0 Å². The Hall–Kier alpha value is -2.49. The van der Waals surface area contributed by atoms with Gasteiger partial charge < -0.3 is 20.5 Å². The van der Waals surface area contributed by atoms with Gasteiger partial charge in [0.15, 0.2) is 5.65 Å². The van der Waals surface area contributed by atoms with Gasteiger partial charge in [-0.1, -0.05) is 31.8 Å². The van der Waals surface area contributed by atoms with Crippen LogP contribution in [0.25, 0.3) is 11.2 Å². The number of carbonyl (C=O) groups is 1. The lowest BCUT2D eigenvalue weighted by Gasteiger charge is -2.16. The van der Waals surface area contributed by atoms with Crippen LogP contribution in [0.3, 0.4) is 0 Å². The summed E-state index contributed by atoms with van der Waals surface area (Å²) in [5.41, 5.74) is 15.4. The van der Waals surface area contributed by atoms with E-state index >= 15 is 0 Å². The minimum absolute atomic E-state index is 0.0426. The first kappa shape index (κ1) is 18.9. The van der Waals surface area contributed by atoms with Gasteiger partial charge in [0.25, 0.3) is 5.91 Å². The third kappa shape index (κ3) is 3.60. The molecule has 0 radical (unpaired) electrons. The molecule has 0 spiro atoms. The van der Waals surface area contributed by atoms with Crippen LogP contribution in [-0.2, 0) is 11.5 Å². The van der Waals surface area contributed by atoms with Crippen LogP contribution in [0.2, 0.25) is 25.7 Å². The number of aromatic nitrogens is 3. The average Bonchev–Trinajstić information content (AvgIpc) is 3.31. The zero-order chi connectivity index (χ0) is 19.9. The predicted molar refractivity (Wildman–Crippen MR) is 110 cm³/mol. The summed E-state index contributed by atoms with van der Waals surface area (Å²) < 4.78 is 7.63. The van der Waals surface area contributed by atoms with Crippen molar-refractivity contribution in [2.45, 2.75) is 38.5 Å². The molecule has 0 saturated carbocycles. The zero-order valence-electron chi connectivity index (χ0n) is 16.4. The van der Waals surface area contributed by atoms with Crippen LogP contribution in [0.1, 0.15) is 22.1 Å². The topological polar surface area (TPSA) is 107 Å². The minimum Gasteiger partial charge on any atom is -0.365 e. The molecule has 0 bridgehead atoms. The summed E-state index contributed by atoms with van der Waals surface area (Å²) in [5, 5.41) is 0. The molecule has 28 heavy (non-hydrogen) atoms. The Morgan fingerprint density at radius 2 is 2.21 bits per heavy atom. The highest BCUT2D eigenvalue weighted by Gasteiger charge is 2.34. The van der Waals surface area contributed by atoms with Gasteiger partial charge in [-0.25, -0.2) is 15.4 Å². The number of nitrogens with one attached hydrogen (secondary N) is 2. The molecule has 2 atom stereocenters. The van der Waals surface area contributed by atoms with E-state index in [0.717, 1.165) is 17.4 Å². The fourth-order valence-corrected chi connectivity index (χ4v) is 4.21. The summed E-state index contributed by atoms with van der Waals surface area (Å²) in [6, 6.07) is 1.04. The van der Waals surface area contributed by atoms with Gasteiger partial charge in [-0.05, 0) is 12.1 Å². The maximum absolute atomic E-state index is 12.0. The first-order valence-corrected chi connectivity index (χ1v) is 13.2. The molecule has 4 rings (SSSR count). The van der Waals surface area contributed by atoms with Crippen molar-refractivity contribution in [2.24, 2.45) is 11.7 Å². The Balaban J connectivity index is 1.60. The highest BCUT2D eigenvalue weighted by Crippen LogP contribution is 2.34. The molecule has 1 aliphatic heterocycles. The van der Waals surface area contributed by atoms with Gasteiger partial charge >= 0.3 is 0 Å². The third-order valence-corrected chi connectivity index (χ3v) is 6.78. The van der Waals surface area contributed by atoms with E-state index < -0.39 is 14.0 Å². The van der Waals surface area contributed by atoms with Crippen molar-refractivity contribution >= 4 is 25.1 Å². The fraction of sp³-hybridized carbons (Fsp3) is 0.421. The van der Waals surface area contributed by atoms with Crippen LogP contribution < -0.4 is 16.6 Å². The van der Waals surface area contributed by atoms with Crippen LogP contribution in [0.15, 0.2) is 36.3 Å². The number of rotatable bonds is 7. The summed E-state index contributed by atoms with van der Waals surface area (Å²) in [6.45, 7) is 7.94. The first-order valence-electron chi connectivity index (χ1n) is 9.47. The molecule has 2 unspecified atom stereocenters. The highest BCUT2D eigenvalue weighted by molar-refractivity contribution is 6.76. The number of hydrogen-bond donors (Lipinski definition) is 3. The maximum Gasteiger partial charge on any atom is 0.252 e. The molecule has 2 aromatic rings. The van der Waals surface area contributed by atoms with Gasteiger partial charge in [0, 0.05) is 32.5 Å². The number of hydrogen-bond acceptors (Lipinski definition) is 6. The summed E-state index contributed by atoms with van der Waals surface area (Å²) >= 11 is 0. The molecular weight excluding hydrogens is 372 g/mol. The van der Waals surface area contributed by atoms with E-state index in [0.29, 0.717) is 30.1 Å². The van der Waals surface area contributed by atoms with E-state index in [2.05, 4.69) is 41.6 Å². The molecule has 9 heteroatoms. The monoisotopic (exact) mass is 398 g/mol. The number of primary amides is 1. The van der Waals surface area contributed by atoms with Crippen LogP contribution in [0.5, 0.6) is 0 Å². The Kier molecular flexibility index (Phi) is 4.82. The van der Waals surface area contributed by atoms with E-state index in [1.807, 2.05) is 12.2 Å². The number of ether oxygens (including phenoxy) is 1. The molecule has 1 fully saturated rings. The van der Waals surface area contributed by atoms with Crippen molar-refractivity contribution in [3.05, 3.63) is 47.6 Å². The smallest absolute Gasteiger partial charge is 0.252 e. The van der Waals surface area contributed by atoms with Gasteiger partial charge in [0.1, 0.15) is 12.2 Å². The van der Waals surface area contributed by atoms with Crippen molar-refractivity contribution in [1.29, 1.82) is 0 Å². The number of nitrogens with two attached hydrogens (primary N) is 1. The number of allylic oxidation sites excluding steroid dienone is 2. The molecule has 1 amide bonds. The number of fused-ring (bicyclic) bond motifs is 2. The summed E-state index contributed by atoms with van der Waals surface area (Å²) in [4.78, 5) is 21.3. The molecule has 2 aromatic heterocycles. The Labute approximate surface area is 164 Å². The molecule has 1 saturated heterocycles. The lowest BCUT2D eigenvalue weighted by atomic mass is 9.99. The normalized spacial score (nSPS) is 21.0. The minimum atomic E-state index is -1.15. The molecule has 1 aliphatic carbocycles. The second-order valence-corrected chi connectivity index (χ2v) is 14.1. The number of carbonyl (C=O) groups excluding carboxylic acids is 1. The molecule has 8 nitrogen and oxygen atoms in total. The lowest BCUT2D eigenvalue weighted by molar-refractivity contribution is 0.0895.